The van der Waals surface area contributed by atoms with Gasteiger partial charge in [-0.15, -0.1) is 11.3 Å². The molecule has 0 spiro atoms. The summed E-state index contributed by atoms with van der Waals surface area (Å²) in [4.78, 5) is 36.0. The first-order valence-electron chi connectivity index (χ1n) is 6.94. The number of carboxylic acid groups (broad SMARTS) is 1. The van der Waals surface area contributed by atoms with Crippen molar-refractivity contribution < 1.29 is 19.4 Å². The summed E-state index contributed by atoms with van der Waals surface area (Å²) >= 11 is 1.40. The molecule has 0 bridgehead atoms. The first-order valence-corrected chi connectivity index (χ1v) is 7.82. The van der Waals surface area contributed by atoms with Gasteiger partial charge in [0.1, 0.15) is 11.3 Å². The Hall–Kier alpha value is -2.94. The second-order valence-electron chi connectivity index (χ2n) is 5.05. The number of H-pyrrole nitrogens is 1. The van der Waals surface area contributed by atoms with Crippen LogP contribution in [0.3, 0.4) is 0 Å². The van der Waals surface area contributed by atoms with E-state index in [1.807, 2.05) is 11.4 Å². The fraction of sp³-hybridized carbons (Fsp3) is 0.200. The van der Waals surface area contributed by atoms with Gasteiger partial charge in [-0.3, -0.25) is 9.59 Å². The lowest BCUT2D eigenvalue weighted by Gasteiger charge is -2.20. The highest BCUT2D eigenvalue weighted by Crippen LogP contribution is 2.30. The van der Waals surface area contributed by atoms with E-state index in [0.717, 1.165) is 4.88 Å². The van der Waals surface area contributed by atoms with Crippen LogP contribution in [0.1, 0.15) is 27.7 Å². The Labute approximate surface area is 139 Å². The maximum Gasteiger partial charge on any atom is 0.341 e. The van der Waals surface area contributed by atoms with Gasteiger partial charge >= 0.3 is 11.9 Å². The first kappa shape index (κ1) is 15.9. The number of fused-ring (bicyclic) bond motifs is 1. The van der Waals surface area contributed by atoms with Gasteiger partial charge in [-0.1, -0.05) is 6.07 Å². The van der Waals surface area contributed by atoms with Crippen molar-refractivity contribution >= 4 is 23.3 Å². The standard InChI is InChI=1S/C15H13N3O5S/c1-23-15(22)9-7-18(6-8-13(9)16-17-14(8)21)10(5-12(19)20)11-3-2-4-24-11/h2-4,6-7,10H,5H2,1H3,(H,17,21)(H,19,20)/t10-/m1/s1. The van der Waals surface area contributed by atoms with E-state index >= 15 is 0 Å². The summed E-state index contributed by atoms with van der Waals surface area (Å²) in [5.74, 6) is -1.64. The minimum atomic E-state index is -0.991. The van der Waals surface area contributed by atoms with Gasteiger partial charge in [0.15, 0.2) is 0 Å². The lowest BCUT2D eigenvalue weighted by atomic mass is 10.1. The van der Waals surface area contributed by atoms with Crippen LogP contribution in [0, 0.1) is 0 Å². The predicted molar refractivity (Wildman–Crippen MR) is 85.5 cm³/mol. The Morgan fingerprint density at radius 1 is 1.46 bits per heavy atom. The number of methoxy groups -OCH3 is 1. The van der Waals surface area contributed by atoms with Gasteiger partial charge in [0.05, 0.1) is 25.1 Å². The van der Waals surface area contributed by atoms with Crippen LogP contribution < -0.4 is 5.56 Å². The van der Waals surface area contributed by atoms with Crippen molar-refractivity contribution in [2.45, 2.75) is 12.5 Å². The second kappa shape index (κ2) is 6.28. The molecule has 3 heterocycles. The lowest BCUT2D eigenvalue weighted by molar-refractivity contribution is -0.137. The Morgan fingerprint density at radius 2 is 2.25 bits per heavy atom. The molecule has 0 fully saturated rings. The molecule has 0 radical (unpaired) electrons. The number of aromatic nitrogens is 3. The maximum atomic E-state index is 12.0. The van der Waals surface area contributed by atoms with E-state index in [1.54, 1.807) is 10.6 Å². The molecular weight excluding hydrogens is 334 g/mol. The van der Waals surface area contributed by atoms with Crippen molar-refractivity contribution in [3.8, 4) is 11.3 Å². The highest BCUT2D eigenvalue weighted by molar-refractivity contribution is 7.10. The zero-order valence-electron chi connectivity index (χ0n) is 12.6. The first-order chi connectivity index (χ1) is 11.5. The molecule has 0 amide bonds. The molecule has 1 aromatic heterocycles. The van der Waals surface area contributed by atoms with E-state index in [0.29, 0.717) is 0 Å². The normalized spacial score (nSPS) is 12.2. The summed E-state index contributed by atoms with van der Waals surface area (Å²) in [5, 5.41) is 17.2. The van der Waals surface area contributed by atoms with Crippen LogP contribution in [0.25, 0.3) is 11.3 Å². The summed E-state index contributed by atoms with van der Waals surface area (Å²) in [5.41, 5.74) is 0.0400. The molecule has 2 aliphatic heterocycles. The van der Waals surface area contributed by atoms with Gasteiger partial charge in [0.2, 0.25) is 0 Å². The number of hydrogen-bond donors (Lipinski definition) is 2. The number of pyridine rings is 1. The fourth-order valence-corrected chi connectivity index (χ4v) is 3.33. The van der Waals surface area contributed by atoms with Gasteiger partial charge in [-0.05, 0) is 11.4 Å². The number of thiophene rings is 1. The molecule has 0 unspecified atom stereocenters. The monoisotopic (exact) mass is 347 g/mol. The number of ether oxygens (including phenoxy) is 1. The van der Waals surface area contributed by atoms with Gasteiger partial charge in [0.25, 0.3) is 5.56 Å². The molecule has 0 aromatic carbocycles. The molecule has 124 valence electrons. The molecule has 2 aliphatic rings. The van der Waals surface area contributed by atoms with E-state index in [1.165, 1.54) is 30.8 Å². The zero-order chi connectivity index (χ0) is 17.3. The SMILES string of the molecule is COC(=O)c1cn([C@H](CC(=O)O)c2cccs2)cc2c(=O)[nH]nc1-2. The third-order valence-corrected chi connectivity index (χ3v) is 4.56. The van der Waals surface area contributed by atoms with E-state index in [9.17, 15) is 19.5 Å². The third kappa shape index (κ3) is 2.81. The van der Waals surface area contributed by atoms with Crippen LogP contribution in [0.4, 0.5) is 0 Å². The largest absolute Gasteiger partial charge is 0.481 e. The van der Waals surface area contributed by atoms with Crippen LogP contribution >= 0.6 is 11.3 Å². The number of aliphatic carboxylic acids is 1. The zero-order valence-corrected chi connectivity index (χ0v) is 13.4. The number of rotatable bonds is 5. The maximum absolute atomic E-state index is 12.0. The van der Waals surface area contributed by atoms with E-state index in [2.05, 4.69) is 10.2 Å². The number of nitrogens with one attached hydrogen (secondary N) is 1. The van der Waals surface area contributed by atoms with Crippen LogP contribution in [0.2, 0.25) is 0 Å². The second-order valence-corrected chi connectivity index (χ2v) is 6.03. The fourth-order valence-electron chi connectivity index (χ4n) is 2.49. The smallest absolute Gasteiger partial charge is 0.341 e. The molecular formula is C15H13N3O5S. The van der Waals surface area contributed by atoms with Crippen molar-refractivity contribution in [1.29, 1.82) is 0 Å². The molecule has 0 aliphatic carbocycles. The van der Waals surface area contributed by atoms with E-state index in [-0.39, 0.29) is 23.2 Å². The van der Waals surface area contributed by atoms with Crippen molar-refractivity contribution in [2.24, 2.45) is 0 Å². The highest BCUT2D eigenvalue weighted by atomic mass is 32.1. The number of carbonyl (C=O) groups is 2. The molecule has 8 nitrogen and oxygen atoms in total. The van der Waals surface area contributed by atoms with Crippen LogP contribution in [-0.4, -0.2) is 38.9 Å². The summed E-state index contributed by atoms with van der Waals surface area (Å²) in [7, 11) is 1.23. The quantitative estimate of drug-likeness (QED) is 0.677. The summed E-state index contributed by atoms with van der Waals surface area (Å²) in [6, 6.07) is 3.07. The molecule has 0 saturated carbocycles. The molecule has 1 atom stereocenters. The van der Waals surface area contributed by atoms with E-state index in [4.69, 9.17) is 4.74 Å². The number of esters is 1. The third-order valence-electron chi connectivity index (χ3n) is 3.59. The van der Waals surface area contributed by atoms with Crippen LogP contribution in [0.15, 0.2) is 34.7 Å². The minimum absolute atomic E-state index is 0.0975. The predicted octanol–water partition coefficient (Wildman–Crippen LogP) is 1.59. The number of aromatic amines is 1. The molecule has 3 rings (SSSR count). The number of hydrogen-bond acceptors (Lipinski definition) is 6. The summed E-state index contributed by atoms with van der Waals surface area (Å²) < 4.78 is 6.29. The number of carboxylic acids is 1. The molecule has 9 heteroatoms. The Morgan fingerprint density at radius 3 is 2.88 bits per heavy atom. The van der Waals surface area contributed by atoms with Crippen molar-refractivity contribution in [3.05, 3.63) is 50.7 Å². The van der Waals surface area contributed by atoms with Gasteiger partial charge in [-0.25, -0.2) is 9.89 Å². The molecule has 24 heavy (non-hydrogen) atoms. The van der Waals surface area contributed by atoms with Crippen molar-refractivity contribution in [1.82, 2.24) is 14.8 Å². The molecule has 2 N–H and O–H groups in total. The topological polar surface area (TPSA) is 114 Å². The molecule has 0 saturated heterocycles. The number of nitrogens with zero attached hydrogens (tertiary/aromatic N) is 2. The van der Waals surface area contributed by atoms with Crippen molar-refractivity contribution in [2.75, 3.05) is 7.11 Å². The minimum Gasteiger partial charge on any atom is -0.481 e. The lowest BCUT2D eigenvalue weighted by Crippen LogP contribution is -2.18. The molecule has 1 aromatic rings. The van der Waals surface area contributed by atoms with Crippen LogP contribution in [-0.2, 0) is 9.53 Å². The Bertz CT molecular complexity index is 912. The average molecular weight is 347 g/mol. The van der Waals surface area contributed by atoms with Gasteiger partial charge in [0, 0.05) is 17.3 Å². The Balaban J connectivity index is 2.21. The Kier molecular flexibility index (Phi) is 4.17. The van der Waals surface area contributed by atoms with Crippen LogP contribution in [0.5, 0.6) is 0 Å². The van der Waals surface area contributed by atoms with E-state index < -0.39 is 23.5 Å². The summed E-state index contributed by atoms with van der Waals surface area (Å²) in [6.07, 6.45) is 2.77. The van der Waals surface area contributed by atoms with Gasteiger partial charge in [-0.2, -0.15) is 5.10 Å². The average Bonchev–Trinajstić information content (AvgIpc) is 3.21. The highest BCUT2D eigenvalue weighted by Gasteiger charge is 2.25. The summed E-state index contributed by atoms with van der Waals surface area (Å²) in [6.45, 7) is 0. The van der Waals surface area contributed by atoms with Gasteiger partial charge < -0.3 is 14.4 Å². The number of carbonyl (C=O) groups excluding carboxylic acids is 1. The van der Waals surface area contributed by atoms with Crippen molar-refractivity contribution in [3.63, 3.8) is 0 Å².